The lowest BCUT2D eigenvalue weighted by Crippen LogP contribution is -2.48. The van der Waals surface area contributed by atoms with Crippen LogP contribution in [-0.4, -0.2) is 73.0 Å². The Morgan fingerprint density at radius 2 is 1.78 bits per heavy atom. The Labute approximate surface area is 231 Å². The first-order valence-corrected chi connectivity index (χ1v) is 14.1. The molecule has 1 aliphatic heterocycles. The third-order valence-corrected chi connectivity index (χ3v) is 8.51. The van der Waals surface area contributed by atoms with Gasteiger partial charge in [-0.05, 0) is 87.9 Å². The van der Waals surface area contributed by atoms with Crippen molar-refractivity contribution in [3.63, 3.8) is 0 Å². The smallest absolute Gasteiger partial charge is 0.196 e. The van der Waals surface area contributed by atoms with E-state index in [1.807, 2.05) is 30.3 Å². The van der Waals surface area contributed by atoms with E-state index in [2.05, 4.69) is 21.7 Å². The number of rotatable bonds is 6. The van der Waals surface area contributed by atoms with Crippen LogP contribution in [0.5, 0.6) is 0 Å². The molecule has 6 nitrogen and oxygen atoms in total. The predicted octanol–water partition coefficient (Wildman–Crippen LogP) is 5.63. The molecule has 3 aliphatic rings. The van der Waals surface area contributed by atoms with Crippen LogP contribution in [0.3, 0.4) is 0 Å². The molecule has 3 fully saturated rings. The van der Waals surface area contributed by atoms with Gasteiger partial charge in [0.05, 0.1) is 27.4 Å². The van der Waals surface area contributed by atoms with Crippen LogP contribution in [0.2, 0.25) is 10.0 Å². The van der Waals surface area contributed by atoms with Gasteiger partial charge in [0.1, 0.15) is 0 Å². The van der Waals surface area contributed by atoms with Gasteiger partial charge in [-0.3, -0.25) is 0 Å². The molecule has 2 aromatic rings. The molecule has 2 N–H and O–H groups in total. The fraction of sp³-hybridized carbons (Fsp3) is 0.517. The molecule has 2 aliphatic carbocycles. The van der Waals surface area contributed by atoms with E-state index in [9.17, 15) is 0 Å². The number of hydrogen-bond donors (Lipinski definition) is 1. The molecule has 1 saturated heterocycles. The molecule has 0 aromatic heterocycles. The minimum atomic E-state index is 0.512. The van der Waals surface area contributed by atoms with Crippen molar-refractivity contribution in [2.45, 2.75) is 38.1 Å². The Morgan fingerprint density at radius 3 is 2.43 bits per heavy atom. The first kappa shape index (κ1) is 27.7. The molecule has 3 unspecified atom stereocenters. The van der Waals surface area contributed by atoms with E-state index in [1.165, 1.54) is 25.7 Å². The van der Waals surface area contributed by atoms with Crippen LogP contribution in [0.15, 0.2) is 53.5 Å². The van der Waals surface area contributed by atoms with Crippen molar-refractivity contribution in [1.29, 1.82) is 5.26 Å². The summed E-state index contributed by atoms with van der Waals surface area (Å²) in [7, 11) is 2.20. The van der Waals surface area contributed by atoms with Crippen molar-refractivity contribution in [3.8, 4) is 6.07 Å². The molecule has 2 aromatic carbocycles. The van der Waals surface area contributed by atoms with E-state index in [0.717, 1.165) is 63.2 Å². The molecule has 2 saturated carbocycles. The van der Waals surface area contributed by atoms with Gasteiger partial charge >= 0.3 is 0 Å². The summed E-state index contributed by atoms with van der Waals surface area (Å²) in [6, 6.07) is 17.1. The Bertz CT molecular complexity index is 1080. The van der Waals surface area contributed by atoms with Crippen molar-refractivity contribution in [2.24, 2.45) is 22.6 Å². The van der Waals surface area contributed by atoms with Gasteiger partial charge < -0.3 is 20.4 Å². The number of fused-ring (bicyclic) bond motifs is 1. The van der Waals surface area contributed by atoms with Gasteiger partial charge in [0.15, 0.2) is 5.96 Å². The topological polar surface area (TPSA) is 71.9 Å². The van der Waals surface area contributed by atoms with Gasteiger partial charge in [0.25, 0.3) is 0 Å². The highest BCUT2D eigenvalue weighted by molar-refractivity contribution is 6.42. The molecule has 8 heteroatoms. The van der Waals surface area contributed by atoms with E-state index < -0.39 is 0 Å². The molecule has 0 radical (unpaired) electrons. The average molecular weight is 542 g/mol. The molecule has 1 heterocycles. The molecular weight excluding hydrogens is 503 g/mol. The van der Waals surface area contributed by atoms with Gasteiger partial charge in [-0.25, -0.2) is 4.99 Å². The zero-order valence-electron chi connectivity index (χ0n) is 21.7. The van der Waals surface area contributed by atoms with Crippen molar-refractivity contribution in [3.05, 3.63) is 64.1 Å². The number of guanidine groups is 1. The van der Waals surface area contributed by atoms with E-state index in [-0.39, 0.29) is 0 Å². The third kappa shape index (κ3) is 8.35. The number of nitrogens with zero attached hydrogens (tertiary/aromatic N) is 5. The fourth-order valence-corrected chi connectivity index (χ4v) is 5.69. The molecule has 0 spiro atoms. The maximum atomic E-state index is 8.29. The van der Waals surface area contributed by atoms with Crippen LogP contribution in [-0.2, 0) is 0 Å². The quantitative estimate of drug-likeness (QED) is 0.379. The van der Waals surface area contributed by atoms with Crippen LogP contribution < -0.4 is 5.73 Å². The van der Waals surface area contributed by atoms with Crippen molar-refractivity contribution in [1.82, 2.24) is 14.7 Å². The molecule has 0 amide bonds. The number of aliphatic imine (C=N–C) groups is 1. The van der Waals surface area contributed by atoms with E-state index in [0.29, 0.717) is 27.6 Å². The highest BCUT2D eigenvalue weighted by Crippen LogP contribution is 2.50. The maximum absolute atomic E-state index is 8.29. The van der Waals surface area contributed by atoms with Crippen LogP contribution in [0, 0.1) is 23.2 Å². The molecule has 3 atom stereocenters. The third-order valence-electron chi connectivity index (χ3n) is 7.77. The number of nitriles is 1. The van der Waals surface area contributed by atoms with Gasteiger partial charge in [-0.15, -0.1) is 0 Å². The molecule has 37 heavy (non-hydrogen) atoms. The summed E-state index contributed by atoms with van der Waals surface area (Å²) in [5.74, 6) is 2.50. The Kier molecular flexibility index (Phi) is 10.1. The second-order valence-corrected chi connectivity index (χ2v) is 11.3. The summed E-state index contributed by atoms with van der Waals surface area (Å²) in [6.07, 6.45) is 6.36. The summed E-state index contributed by atoms with van der Waals surface area (Å²) in [5.41, 5.74) is 8.03. The zero-order valence-corrected chi connectivity index (χ0v) is 23.2. The van der Waals surface area contributed by atoms with Crippen LogP contribution >= 0.6 is 23.2 Å². The predicted molar refractivity (Wildman–Crippen MR) is 153 cm³/mol. The fourth-order valence-electron chi connectivity index (χ4n) is 5.39. The van der Waals surface area contributed by atoms with E-state index in [1.54, 1.807) is 24.3 Å². The standard InChI is InChI=1S/C22H33Cl2N5.C7H5N/c1-27-9-11-28(12-10-27)7-2-8-29(19-5-3-16-13-17(16)14-19)22(25)26-18-4-6-20(23)21(24)15-18;8-6-7-4-2-1-3-5-7/h4,6,15-17,19H,2-3,5,7-14H2,1H3,(H2,25,26);1-5H. The second kappa shape index (κ2) is 13.5. The van der Waals surface area contributed by atoms with Crippen LogP contribution in [0.25, 0.3) is 0 Å². The lowest BCUT2D eigenvalue weighted by molar-refractivity contribution is 0.145. The first-order chi connectivity index (χ1) is 17.9. The van der Waals surface area contributed by atoms with Gasteiger partial charge in [-0.2, -0.15) is 5.26 Å². The Balaban J connectivity index is 0.000000342. The van der Waals surface area contributed by atoms with Crippen LogP contribution in [0.4, 0.5) is 5.69 Å². The van der Waals surface area contributed by atoms with Crippen molar-refractivity contribution >= 4 is 34.8 Å². The van der Waals surface area contributed by atoms with Gasteiger partial charge in [-0.1, -0.05) is 41.4 Å². The monoisotopic (exact) mass is 540 g/mol. The Hall–Kier alpha value is -2.30. The summed E-state index contributed by atoms with van der Waals surface area (Å²) >= 11 is 12.2. The second-order valence-electron chi connectivity index (χ2n) is 10.5. The summed E-state index contributed by atoms with van der Waals surface area (Å²) in [5, 5.41) is 9.34. The van der Waals surface area contributed by atoms with Crippen molar-refractivity contribution < 1.29 is 0 Å². The summed E-state index contributed by atoms with van der Waals surface area (Å²) in [4.78, 5) is 12.0. The normalized spacial score (nSPS) is 23.8. The summed E-state index contributed by atoms with van der Waals surface area (Å²) in [6.45, 7) is 6.74. The van der Waals surface area contributed by atoms with E-state index in [4.69, 9.17) is 39.2 Å². The molecular formula is C29H38Cl2N6. The minimum absolute atomic E-state index is 0.512. The van der Waals surface area contributed by atoms with Crippen LogP contribution in [0.1, 0.15) is 37.7 Å². The number of benzene rings is 2. The lowest BCUT2D eigenvalue weighted by atomic mass is 9.94. The number of hydrogen-bond acceptors (Lipinski definition) is 4. The van der Waals surface area contributed by atoms with Crippen molar-refractivity contribution in [2.75, 3.05) is 46.3 Å². The minimum Gasteiger partial charge on any atom is -0.369 e. The highest BCUT2D eigenvalue weighted by Gasteiger charge is 2.43. The first-order valence-electron chi connectivity index (χ1n) is 13.3. The SMILES string of the molecule is CN1CCN(CCCN(C(N)=Nc2ccc(Cl)c(Cl)c2)C2CCC3CC3C2)CC1.N#Cc1ccccc1. The van der Waals surface area contributed by atoms with E-state index >= 15 is 0 Å². The zero-order chi connectivity index (χ0) is 26.2. The van der Waals surface area contributed by atoms with Gasteiger partial charge in [0, 0.05) is 38.8 Å². The Morgan fingerprint density at radius 1 is 1.03 bits per heavy atom. The molecule has 0 bridgehead atoms. The number of nitrogens with two attached hydrogens (primary N) is 1. The average Bonchev–Trinajstić information content (AvgIpc) is 3.70. The maximum Gasteiger partial charge on any atom is 0.196 e. The summed E-state index contributed by atoms with van der Waals surface area (Å²) < 4.78 is 0. The van der Waals surface area contributed by atoms with Gasteiger partial charge in [0.2, 0.25) is 0 Å². The highest BCUT2D eigenvalue weighted by atomic mass is 35.5. The molecule has 198 valence electrons. The lowest BCUT2D eigenvalue weighted by Gasteiger charge is -2.36. The number of likely N-dealkylation sites (N-methyl/N-ethyl adjacent to an activating group) is 1. The largest absolute Gasteiger partial charge is 0.369 e. The number of piperazine rings is 1. The number of halogens is 2. The molecule has 5 rings (SSSR count).